The number of aryl methyl sites for hydroxylation is 1. The number of nitrogens with one attached hydrogen (secondary N) is 1. The van der Waals surface area contributed by atoms with Gasteiger partial charge in [-0.1, -0.05) is 29.3 Å². The summed E-state index contributed by atoms with van der Waals surface area (Å²) in [5.74, 6) is 0.362. The lowest BCUT2D eigenvalue weighted by Crippen LogP contribution is -2.29. The standard InChI is InChI=1S/C10H18BrN3O2S/c1-3-9(4-5-11)6-13-17(15,16)10-7-12-14(2)8-10/h7-9,13H,3-6H2,1-2H3. The summed E-state index contributed by atoms with van der Waals surface area (Å²) in [5, 5.41) is 4.75. The molecule has 1 rings (SSSR count). The molecule has 1 heterocycles. The number of rotatable bonds is 7. The van der Waals surface area contributed by atoms with Crippen LogP contribution in [0.25, 0.3) is 0 Å². The van der Waals surface area contributed by atoms with E-state index in [-0.39, 0.29) is 4.90 Å². The predicted molar refractivity (Wildman–Crippen MR) is 70.6 cm³/mol. The number of hydrogen-bond acceptors (Lipinski definition) is 3. The minimum atomic E-state index is -3.41. The van der Waals surface area contributed by atoms with Crippen molar-refractivity contribution in [3.8, 4) is 0 Å². The highest BCUT2D eigenvalue weighted by Gasteiger charge is 2.17. The van der Waals surface area contributed by atoms with E-state index in [1.807, 2.05) is 0 Å². The molecule has 0 aliphatic heterocycles. The van der Waals surface area contributed by atoms with Crippen molar-refractivity contribution >= 4 is 26.0 Å². The maximum atomic E-state index is 11.9. The summed E-state index contributed by atoms with van der Waals surface area (Å²) < 4.78 is 27.9. The van der Waals surface area contributed by atoms with Gasteiger partial charge in [0.1, 0.15) is 4.90 Å². The van der Waals surface area contributed by atoms with Crippen LogP contribution in [0.4, 0.5) is 0 Å². The van der Waals surface area contributed by atoms with Crippen LogP contribution in [0.2, 0.25) is 0 Å². The third kappa shape index (κ3) is 4.40. The summed E-state index contributed by atoms with van der Waals surface area (Å²) in [7, 11) is -1.72. The summed E-state index contributed by atoms with van der Waals surface area (Å²) in [5.41, 5.74) is 0. The van der Waals surface area contributed by atoms with Gasteiger partial charge >= 0.3 is 0 Å². The van der Waals surface area contributed by atoms with E-state index in [1.165, 1.54) is 17.1 Å². The number of alkyl halides is 1. The Morgan fingerprint density at radius 2 is 2.29 bits per heavy atom. The Morgan fingerprint density at radius 3 is 2.76 bits per heavy atom. The molecule has 0 aliphatic carbocycles. The van der Waals surface area contributed by atoms with Gasteiger partial charge in [0.2, 0.25) is 10.0 Å². The summed E-state index contributed by atoms with van der Waals surface area (Å²) in [4.78, 5) is 0.216. The first-order valence-corrected chi connectivity index (χ1v) is 8.14. The molecule has 7 heteroatoms. The van der Waals surface area contributed by atoms with Crippen molar-refractivity contribution in [1.82, 2.24) is 14.5 Å². The molecule has 0 saturated carbocycles. The lowest BCUT2D eigenvalue weighted by atomic mass is 10.0. The molecular weight excluding hydrogens is 306 g/mol. The first kappa shape index (κ1) is 14.7. The van der Waals surface area contributed by atoms with Crippen LogP contribution < -0.4 is 4.72 Å². The molecule has 98 valence electrons. The largest absolute Gasteiger partial charge is 0.274 e. The highest BCUT2D eigenvalue weighted by atomic mass is 79.9. The Labute approximate surface area is 111 Å². The van der Waals surface area contributed by atoms with Crippen molar-refractivity contribution in [2.45, 2.75) is 24.7 Å². The second kappa shape index (κ2) is 6.51. The molecule has 1 atom stereocenters. The van der Waals surface area contributed by atoms with Crippen molar-refractivity contribution in [1.29, 1.82) is 0 Å². The number of aromatic nitrogens is 2. The second-order valence-corrected chi connectivity index (χ2v) is 6.51. The fourth-order valence-corrected chi connectivity index (χ4v) is 3.20. The van der Waals surface area contributed by atoms with E-state index < -0.39 is 10.0 Å². The summed E-state index contributed by atoms with van der Waals surface area (Å²) in [6, 6.07) is 0. The van der Waals surface area contributed by atoms with E-state index >= 15 is 0 Å². The van der Waals surface area contributed by atoms with Crippen LogP contribution in [-0.2, 0) is 17.1 Å². The van der Waals surface area contributed by atoms with Gasteiger partial charge < -0.3 is 0 Å². The lowest BCUT2D eigenvalue weighted by molar-refractivity contribution is 0.483. The van der Waals surface area contributed by atoms with Crippen molar-refractivity contribution in [2.24, 2.45) is 13.0 Å². The maximum Gasteiger partial charge on any atom is 0.243 e. The van der Waals surface area contributed by atoms with Crippen LogP contribution in [0.5, 0.6) is 0 Å². The molecule has 1 aromatic rings. The van der Waals surface area contributed by atoms with Gasteiger partial charge in [0, 0.05) is 25.1 Å². The van der Waals surface area contributed by atoms with Crippen LogP contribution in [0, 0.1) is 5.92 Å². The molecule has 0 saturated heterocycles. The molecular formula is C10H18BrN3O2S. The zero-order chi connectivity index (χ0) is 12.9. The molecule has 0 aliphatic rings. The van der Waals surface area contributed by atoms with E-state index in [9.17, 15) is 8.42 Å². The Hall–Kier alpha value is -0.400. The van der Waals surface area contributed by atoms with E-state index in [2.05, 4.69) is 32.7 Å². The third-order valence-corrected chi connectivity index (χ3v) is 4.48. The average molecular weight is 324 g/mol. The molecule has 0 amide bonds. The Bertz CT molecular complexity index is 444. The third-order valence-electron chi connectivity index (χ3n) is 2.65. The molecule has 1 N–H and O–H groups in total. The molecule has 0 radical (unpaired) electrons. The molecule has 0 fully saturated rings. The highest BCUT2D eigenvalue weighted by molar-refractivity contribution is 9.09. The number of nitrogens with zero attached hydrogens (tertiary/aromatic N) is 2. The first-order valence-electron chi connectivity index (χ1n) is 5.54. The maximum absolute atomic E-state index is 11.9. The topological polar surface area (TPSA) is 64.0 Å². The number of sulfonamides is 1. The van der Waals surface area contributed by atoms with E-state index in [0.717, 1.165) is 18.2 Å². The fraction of sp³-hybridized carbons (Fsp3) is 0.700. The minimum Gasteiger partial charge on any atom is -0.274 e. The summed E-state index contributed by atoms with van der Waals surface area (Å²) >= 11 is 3.37. The van der Waals surface area contributed by atoms with Gasteiger partial charge in [-0.15, -0.1) is 0 Å². The van der Waals surface area contributed by atoms with E-state index in [1.54, 1.807) is 7.05 Å². The minimum absolute atomic E-state index is 0.216. The fourth-order valence-electron chi connectivity index (χ4n) is 1.45. The van der Waals surface area contributed by atoms with Crippen LogP contribution in [0.15, 0.2) is 17.3 Å². The van der Waals surface area contributed by atoms with Crippen LogP contribution >= 0.6 is 15.9 Å². The van der Waals surface area contributed by atoms with E-state index in [0.29, 0.717) is 12.5 Å². The molecule has 0 aromatic carbocycles. The Kier molecular flexibility index (Phi) is 5.61. The summed E-state index contributed by atoms with van der Waals surface area (Å²) in [6.07, 6.45) is 4.77. The molecule has 17 heavy (non-hydrogen) atoms. The quantitative estimate of drug-likeness (QED) is 0.773. The van der Waals surface area contributed by atoms with Crippen molar-refractivity contribution in [2.75, 3.05) is 11.9 Å². The predicted octanol–water partition coefficient (Wildman–Crippen LogP) is 1.51. The van der Waals surface area contributed by atoms with Gasteiger partial charge in [-0.05, 0) is 12.3 Å². The van der Waals surface area contributed by atoms with Crippen LogP contribution in [0.3, 0.4) is 0 Å². The average Bonchev–Trinajstić information content (AvgIpc) is 2.72. The van der Waals surface area contributed by atoms with Gasteiger partial charge in [-0.25, -0.2) is 13.1 Å². The van der Waals surface area contributed by atoms with Crippen LogP contribution in [0.1, 0.15) is 19.8 Å². The Morgan fingerprint density at radius 1 is 1.59 bits per heavy atom. The zero-order valence-electron chi connectivity index (χ0n) is 10.1. The highest BCUT2D eigenvalue weighted by Crippen LogP contribution is 2.11. The molecule has 0 spiro atoms. The second-order valence-electron chi connectivity index (χ2n) is 3.95. The van der Waals surface area contributed by atoms with Crippen molar-refractivity contribution < 1.29 is 8.42 Å². The molecule has 0 bridgehead atoms. The summed E-state index contributed by atoms with van der Waals surface area (Å²) in [6.45, 7) is 2.53. The van der Waals surface area contributed by atoms with Gasteiger partial charge in [-0.3, -0.25) is 4.68 Å². The molecule has 1 unspecified atom stereocenters. The zero-order valence-corrected chi connectivity index (χ0v) is 12.5. The van der Waals surface area contributed by atoms with Gasteiger partial charge in [0.25, 0.3) is 0 Å². The number of halogens is 1. The molecule has 1 aromatic heterocycles. The van der Waals surface area contributed by atoms with Crippen molar-refractivity contribution in [3.63, 3.8) is 0 Å². The monoisotopic (exact) mass is 323 g/mol. The first-order chi connectivity index (χ1) is 7.99. The smallest absolute Gasteiger partial charge is 0.243 e. The van der Waals surface area contributed by atoms with Crippen molar-refractivity contribution in [3.05, 3.63) is 12.4 Å². The Balaban J connectivity index is 2.61. The van der Waals surface area contributed by atoms with Crippen LogP contribution in [-0.4, -0.2) is 30.1 Å². The number of hydrogen-bond donors (Lipinski definition) is 1. The SMILES string of the molecule is CCC(CCBr)CNS(=O)(=O)c1cnn(C)c1. The van der Waals surface area contributed by atoms with Gasteiger partial charge in [0.15, 0.2) is 0 Å². The molecule has 5 nitrogen and oxygen atoms in total. The normalized spacial score (nSPS) is 13.8. The van der Waals surface area contributed by atoms with E-state index in [4.69, 9.17) is 0 Å². The van der Waals surface area contributed by atoms with Gasteiger partial charge in [0.05, 0.1) is 6.20 Å². The van der Waals surface area contributed by atoms with Gasteiger partial charge in [-0.2, -0.15) is 5.10 Å². The lowest BCUT2D eigenvalue weighted by Gasteiger charge is -2.13.